The van der Waals surface area contributed by atoms with Crippen LogP contribution in [0.15, 0.2) is 42.5 Å². The van der Waals surface area contributed by atoms with Gasteiger partial charge >= 0.3 is 6.03 Å². The molecule has 138 valence electrons. The Hall–Kier alpha value is -2.37. The molecule has 2 aromatic rings. The van der Waals surface area contributed by atoms with Gasteiger partial charge in [0.2, 0.25) is 0 Å². The summed E-state index contributed by atoms with van der Waals surface area (Å²) >= 11 is 0. The summed E-state index contributed by atoms with van der Waals surface area (Å²) < 4.78 is 5.40. The topological polar surface area (TPSA) is 53.6 Å². The van der Waals surface area contributed by atoms with E-state index in [1.807, 2.05) is 38.1 Å². The number of amides is 2. The molecule has 3 rings (SSSR count). The molecule has 1 fully saturated rings. The molecule has 2 N–H and O–H groups in total. The first-order valence-corrected chi connectivity index (χ1v) is 9.11. The predicted molar refractivity (Wildman–Crippen MR) is 104 cm³/mol. The number of nitrogens with zero attached hydrogens (tertiary/aromatic N) is 1. The predicted octanol–water partition coefficient (Wildman–Crippen LogP) is 3.46. The molecule has 26 heavy (non-hydrogen) atoms. The standard InChI is InChI=1S/C21H27N3O2/c1-16-5-3-6-17(2)20(16)23-21(25)22-14-18-7-4-8-19(13-18)15-24-9-11-26-12-10-24/h3-8,13H,9-12,14-15H2,1-2H3,(H2,22,23,25). The van der Waals surface area contributed by atoms with Crippen LogP contribution in [-0.2, 0) is 17.8 Å². The molecule has 0 aliphatic carbocycles. The van der Waals surface area contributed by atoms with Crippen molar-refractivity contribution in [3.63, 3.8) is 0 Å². The fraction of sp³-hybridized carbons (Fsp3) is 0.381. The Morgan fingerprint density at radius 3 is 2.42 bits per heavy atom. The number of morpholine rings is 1. The van der Waals surface area contributed by atoms with E-state index < -0.39 is 0 Å². The van der Waals surface area contributed by atoms with Crippen molar-refractivity contribution in [3.8, 4) is 0 Å². The van der Waals surface area contributed by atoms with Crippen LogP contribution in [0, 0.1) is 13.8 Å². The monoisotopic (exact) mass is 353 g/mol. The Bertz CT molecular complexity index is 734. The van der Waals surface area contributed by atoms with Crippen LogP contribution in [0.25, 0.3) is 0 Å². The highest BCUT2D eigenvalue weighted by Crippen LogP contribution is 2.19. The zero-order valence-electron chi connectivity index (χ0n) is 15.5. The largest absolute Gasteiger partial charge is 0.379 e. The molecule has 2 aromatic carbocycles. The maximum Gasteiger partial charge on any atom is 0.319 e. The van der Waals surface area contributed by atoms with Gasteiger partial charge in [-0.25, -0.2) is 4.79 Å². The van der Waals surface area contributed by atoms with Crippen molar-refractivity contribution in [1.29, 1.82) is 0 Å². The number of ether oxygens (including phenoxy) is 1. The second kappa shape index (κ2) is 8.83. The molecule has 0 bridgehead atoms. The SMILES string of the molecule is Cc1cccc(C)c1NC(=O)NCc1cccc(CN2CCOCC2)c1. The molecule has 2 amide bonds. The van der Waals surface area contributed by atoms with E-state index in [1.165, 1.54) is 5.56 Å². The molecular formula is C21H27N3O2. The molecule has 1 heterocycles. The number of hydrogen-bond acceptors (Lipinski definition) is 3. The third-order valence-electron chi connectivity index (χ3n) is 4.67. The van der Waals surface area contributed by atoms with E-state index in [9.17, 15) is 4.79 Å². The van der Waals surface area contributed by atoms with Gasteiger partial charge in [-0.05, 0) is 36.1 Å². The van der Waals surface area contributed by atoms with Gasteiger partial charge in [0.05, 0.1) is 13.2 Å². The first-order chi connectivity index (χ1) is 12.6. The van der Waals surface area contributed by atoms with E-state index in [4.69, 9.17) is 4.74 Å². The smallest absolute Gasteiger partial charge is 0.319 e. The molecule has 0 atom stereocenters. The zero-order valence-corrected chi connectivity index (χ0v) is 15.5. The molecule has 5 nitrogen and oxygen atoms in total. The van der Waals surface area contributed by atoms with Crippen LogP contribution in [0.2, 0.25) is 0 Å². The van der Waals surface area contributed by atoms with Crippen LogP contribution in [0.3, 0.4) is 0 Å². The lowest BCUT2D eigenvalue weighted by Gasteiger charge is -2.26. The van der Waals surface area contributed by atoms with E-state index in [1.54, 1.807) is 0 Å². The maximum atomic E-state index is 12.2. The lowest BCUT2D eigenvalue weighted by Crippen LogP contribution is -2.35. The summed E-state index contributed by atoms with van der Waals surface area (Å²) in [6.07, 6.45) is 0. The van der Waals surface area contributed by atoms with Crippen LogP contribution in [0.4, 0.5) is 10.5 Å². The van der Waals surface area contributed by atoms with Crippen molar-refractivity contribution < 1.29 is 9.53 Å². The lowest BCUT2D eigenvalue weighted by molar-refractivity contribution is 0.0342. The Morgan fingerprint density at radius 1 is 1.04 bits per heavy atom. The van der Waals surface area contributed by atoms with Crippen LogP contribution in [-0.4, -0.2) is 37.2 Å². The molecule has 0 unspecified atom stereocenters. The Morgan fingerprint density at radius 2 is 1.69 bits per heavy atom. The molecular weight excluding hydrogens is 326 g/mol. The molecule has 1 saturated heterocycles. The molecule has 1 aliphatic heterocycles. The van der Waals surface area contributed by atoms with Crippen molar-refractivity contribution in [2.24, 2.45) is 0 Å². The summed E-state index contributed by atoms with van der Waals surface area (Å²) in [6, 6.07) is 14.2. The summed E-state index contributed by atoms with van der Waals surface area (Å²) in [4.78, 5) is 14.6. The molecule has 0 spiro atoms. The second-order valence-electron chi connectivity index (χ2n) is 6.78. The quantitative estimate of drug-likeness (QED) is 0.866. The van der Waals surface area contributed by atoms with E-state index in [0.717, 1.165) is 55.2 Å². The van der Waals surface area contributed by atoms with Crippen molar-refractivity contribution in [2.75, 3.05) is 31.6 Å². The van der Waals surface area contributed by atoms with Gasteiger partial charge in [-0.3, -0.25) is 4.90 Å². The van der Waals surface area contributed by atoms with Crippen LogP contribution in [0.1, 0.15) is 22.3 Å². The average molecular weight is 353 g/mol. The van der Waals surface area contributed by atoms with Crippen molar-refractivity contribution >= 4 is 11.7 Å². The van der Waals surface area contributed by atoms with Crippen LogP contribution >= 0.6 is 0 Å². The number of anilines is 1. The number of carbonyl (C=O) groups is 1. The number of carbonyl (C=O) groups excluding carboxylic acids is 1. The van der Waals surface area contributed by atoms with Gasteiger partial charge in [0.25, 0.3) is 0 Å². The number of para-hydroxylation sites is 1. The van der Waals surface area contributed by atoms with E-state index in [0.29, 0.717) is 6.54 Å². The molecule has 0 aromatic heterocycles. The van der Waals surface area contributed by atoms with Crippen LogP contribution < -0.4 is 10.6 Å². The van der Waals surface area contributed by atoms with Gasteiger partial charge in [0, 0.05) is 31.9 Å². The first kappa shape index (κ1) is 18.4. The fourth-order valence-corrected chi connectivity index (χ4v) is 3.21. The van der Waals surface area contributed by atoms with Gasteiger partial charge in [-0.2, -0.15) is 0 Å². The van der Waals surface area contributed by atoms with E-state index in [-0.39, 0.29) is 6.03 Å². The number of hydrogen-bond donors (Lipinski definition) is 2. The Balaban J connectivity index is 1.54. The minimum absolute atomic E-state index is 0.180. The summed E-state index contributed by atoms with van der Waals surface area (Å²) in [5, 5.41) is 5.91. The van der Waals surface area contributed by atoms with Gasteiger partial charge < -0.3 is 15.4 Å². The Kier molecular flexibility index (Phi) is 6.26. The molecule has 0 saturated carbocycles. The minimum atomic E-state index is -0.180. The normalized spacial score (nSPS) is 14.8. The maximum absolute atomic E-state index is 12.2. The van der Waals surface area contributed by atoms with Gasteiger partial charge in [0.15, 0.2) is 0 Å². The summed E-state index contributed by atoms with van der Waals surface area (Å²) in [7, 11) is 0. The molecule has 5 heteroatoms. The second-order valence-corrected chi connectivity index (χ2v) is 6.78. The van der Waals surface area contributed by atoms with Crippen LogP contribution in [0.5, 0.6) is 0 Å². The zero-order chi connectivity index (χ0) is 18.4. The highest BCUT2D eigenvalue weighted by atomic mass is 16.5. The number of benzene rings is 2. The lowest BCUT2D eigenvalue weighted by atomic mass is 10.1. The summed E-state index contributed by atoms with van der Waals surface area (Å²) in [5.41, 5.74) is 5.38. The minimum Gasteiger partial charge on any atom is -0.379 e. The average Bonchev–Trinajstić information content (AvgIpc) is 2.64. The number of aryl methyl sites for hydroxylation is 2. The first-order valence-electron chi connectivity index (χ1n) is 9.11. The van der Waals surface area contributed by atoms with Gasteiger partial charge in [-0.15, -0.1) is 0 Å². The van der Waals surface area contributed by atoms with E-state index in [2.05, 4.69) is 33.7 Å². The molecule has 1 aliphatic rings. The van der Waals surface area contributed by atoms with Gasteiger partial charge in [-0.1, -0.05) is 42.5 Å². The molecule has 0 radical (unpaired) electrons. The van der Waals surface area contributed by atoms with Gasteiger partial charge in [0.1, 0.15) is 0 Å². The number of rotatable bonds is 5. The summed E-state index contributed by atoms with van der Waals surface area (Å²) in [6.45, 7) is 8.98. The highest BCUT2D eigenvalue weighted by Gasteiger charge is 2.11. The van der Waals surface area contributed by atoms with Crippen molar-refractivity contribution in [2.45, 2.75) is 26.9 Å². The third-order valence-corrected chi connectivity index (χ3v) is 4.67. The fourth-order valence-electron chi connectivity index (χ4n) is 3.21. The third kappa shape index (κ3) is 5.07. The van der Waals surface area contributed by atoms with Crippen molar-refractivity contribution in [1.82, 2.24) is 10.2 Å². The number of urea groups is 1. The Labute approximate surface area is 155 Å². The summed E-state index contributed by atoms with van der Waals surface area (Å²) in [5.74, 6) is 0. The van der Waals surface area contributed by atoms with Crippen molar-refractivity contribution in [3.05, 3.63) is 64.7 Å². The highest BCUT2D eigenvalue weighted by molar-refractivity contribution is 5.90. The van der Waals surface area contributed by atoms with E-state index >= 15 is 0 Å². The number of nitrogens with one attached hydrogen (secondary N) is 2.